The standard InChI is InChI=1S/C14H19N/c1-5-6-7-14(15-4)13-9-8-11(2)12(3)10-13/h1,8-10,14-15H,6-7H2,2-4H3. The molecule has 1 rings (SSSR count). The van der Waals surface area contributed by atoms with Crippen LogP contribution in [-0.4, -0.2) is 7.05 Å². The predicted octanol–water partition coefficient (Wildman–Crippen LogP) is 2.98. The summed E-state index contributed by atoms with van der Waals surface area (Å²) < 4.78 is 0. The maximum Gasteiger partial charge on any atom is 0.0326 e. The third kappa shape index (κ3) is 3.11. The molecule has 0 aliphatic rings. The average Bonchev–Trinajstić information content (AvgIpc) is 2.24. The Morgan fingerprint density at radius 2 is 2.07 bits per heavy atom. The molecular formula is C14H19N. The maximum atomic E-state index is 5.29. The molecular weight excluding hydrogens is 182 g/mol. The summed E-state index contributed by atoms with van der Waals surface area (Å²) in [6.07, 6.45) is 7.10. The molecule has 0 saturated heterocycles. The van der Waals surface area contributed by atoms with Crippen LogP contribution >= 0.6 is 0 Å². The summed E-state index contributed by atoms with van der Waals surface area (Å²) in [5, 5.41) is 3.30. The molecule has 0 fully saturated rings. The van der Waals surface area contributed by atoms with Crippen LogP contribution in [0.15, 0.2) is 18.2 Å². The van der Waals surface area contributed by atoms with Crippen molar-refractivity contribution < 1.29 is 0 Å². The van der Waals surface area contributed by atoms with Crippen LogP contribution in [0.3, 0.4) is 0 Å². The van der Waals surface area contributed by atoms with E-state index in [0.717, 1.165) is 12.8 Å². The van der Waals surface area contributed by atoms with Crippen LogP contribution in [0, 0.1) is 26.2 Å². The van der Waals surface area contributed by atoms with Crippen LogP contribution < -0.4 is 5.32 Å². The number of rotatable bonds is 4. The van der Waals surface area contributed by atoms with Crippen LogP contribution in [0.25, 0.3) is 0 Å². The van der Waals surface area contributed by atoms with E-state index in [9.17, 15) is 0 Å². The summed E-state index contributed by atoms with van der Waals surface area (Å²) in [5.74, 6) is 2.69. The van der Waals surface area contributed by atoms with Gasteiger partial charge in [-0.15, -0.1) is 12.3 Å². The predicted molar refractivity (Wildman–Crippen MR) is 65.8 cm³/mol. The third-order valence-electron chi connectivity index (χ3n) is 2.86. The SMILES string of the molecule is C#CCCC(NC)c1ccc(C)c(C)c1. The molecule has 0 aliphatic carbocycles. The smallest absolute Gasteiger partial charge is 0.0326 e. The summed E-state index contributed by atoms with van der Waals surface area (Å²) >= 11 is 0. The van der Waals surface area contributed by atoms with E-state index in [1.54, 1.807) is 0 Å². The van der Waals surface area contributed by atoms with Gasteiger partial charge >= 0.3 is 0 Å². The molecule has 80 valence electrons. The van der Waals surface area contributed by atoms with Gasteiger partial charge in [0.25, 0.3) is 0 Å². The van der Waals surface area contributed by atoms with Gasteiger partial charge in [0.15, 0.2) is 0 Å². The minimum absolute atomic E-state index is 0.375. The van der Waals surface area contributed by atoms with Crippen molar-refractivity contribution in [2.45, 2.75) is 32.7 Å². The molecule has 1 N–H and O–H groups in total. The van der Waals surface area contributed by atoms with Crippen molar-refractivity contribution in [2.24, 2.45) is 0 Å². The van der Waals surface area contributed by atoms with Crippen molar-refractivity contribution in [3.63, 3.8) is 0 Å². The van der Waals surface area contributed by atoms with Crippen LogP contribution in [0.5, 0.6) is 0 Å². The lowest BCUT2D eigenvalue weighted by Crippen LogP contribution is -2.16. The third-order valence-corrected chi connectivity index (χ3v) is 2.86. The summed E-state index contributed by atoms with van der Waals surface area (Å²) in [4.78, 5) is 0. The molecule has 0 aliphatic heterocycles. The van der Waals surface area contributed by atoms with Gasteiger partial charge < -0.3 is 5.32 Å². The second-order valence-electron chi connectivity index (χ2n) is 3.93. The van der Waals surface area contributed by atoms with Gasteiger partial charge in [0.1, 0.15) is 0 Å². The summed E-state index contributed by atoms with van der Waals surface area (Å²) in [6, 6.07) is 6.97. The highest BCUT2D eigenvalue weighted by molar-refractivity contribution is 5.31. The first-order chi connectivity index (χ1) is 7.19. The average molecular weight is 201 g/mol. The quantitative estimate of drug-likeness (QED) is 0.738. The molecule has 0 radical (unpaired) electrons. The Bertz CT molecular complexity index is 360. The molecule has 0 spiro atoms. The maximum absolute atomic E-state index is 5.29. The molecule has 1 aromatic carbocycles. The minimum Gasteiger partial charge on any atom is -0.313 e. The van der Waals surface area contributed by atoms with Gasteiger partial charge in [-0.05, 0) is 44.0 Å². The number of terminal acetylenes is 1. The zero-order valence-corrected chi connectivity index (χ0v) is 9.80. The van der Waals surface area contributed by atoms with E-state index in [2.05, 4.69) is 43.3 Å². The molecule has 1 heteroatoms. The van der Waals surface area contributed by atoms with Crippen LogP contribution in [-0.2, 0) is 0 Å². The normalized spacial score (nSPS) is 12.1. The van der Waals surface area contributed by atoms with Crippen molar-refractivity contribution in [1.82, 2.24) is 5.32 Å². The number of aryl methyl sites for hydroxylation is 2. The highest BCUT2D eigenvalue weighted by Gasteiger charge is 2.08. The lowest BCUT2D eigenvalue weighted by Gasteiger charge is -2.16. The zero-order chi connectivity index (χ0) is 11.3. The lowest BCUT2D eigenvalue weighted by molar-refractivity contribution is 0.558. The fraction of sp³-hybridized carbons (Fsp3) is 0.429. The summed E-state index contributed by atoms with van der Waals surface area (Å²) in [5.41, 5.74) is 4.01. The van der Waals surface area contributed by atoms with Gasteiger partial charge in [-0.2, -0.15) is 0 Å². The van der Waals surface area contributed by atoms with E-state index in [1.807, 2.05) is 7.05 Å². The number of nitrogens with one attached hydrogen (secondary N) is 1. The molecule has 0 aromatic heterocycles. The first-order valence-electron chi connectivity index (χ1n) is 5.37. The van der Waals surface area contributed by atoms with Gasteiger partial charge in [-0.1, -0.05) is 18.2 Å². The van der Waals surface area contributed by atoms with Crippen molar-refractivity contribution in [1.29, 1.82) is 0 Å². The van der Waals surface area contributed by atoms with E-state index in [0.29, 0.717) is 6.04 Å². The monoisotopic (exact) mass is 201 g/mol. The van der Waals surface area contributed by atoms with Crippen LogP contribution in [0.1, 0.15) is 35.6 Å². The summed E-state index contributed by atoms with van der Waals surface area (Å²) in [7, 11) is 1.98. The number of hydrogen-bond acceptors (Lipinski definition) is 1. The highest BCUT2D eigenvalue weighted by Crippen LogP contribution is 2.20. The minimum atomic E-state index is 0.375. The molecule has 1 aromatic rings. The van der Waals surface area contributed by atoms with Gasteiger partial charge in [-0.25, -0.2) is 0 Å². The fourth-order valence-electron chi connectivity index (χ4n) is 1.69. The van der Waals surface area contributed by atoms with E-state index < -0.39 is 0 Å². The van der Waals surface area contributed by atoms with Gasteiger partial charge in [0, 0.05) is 12.5 Å². The molecule has 1 atom stereocenters. The fourth-order valence-corrected chi connectivity index (χ4v) is 1.69. The Kier molecular flexibility index (Phi) is 4.39. The molecule has 0 amide bonds. The van der Waals surface area contributed by atoms with E-state index in [1.165, 1.54) is 16.7 Å². The van der Waals surface area contributed by atoms with E-state index >= 15 is 0 Å². The summed E-state index contributed by atoms with van der Waals surface area (Å²) in [6.45, 7) is 4.28. The van der Waals surface area contributed by atoms with Crippen molar-refractivity contribution in [3.05, 3.63) is 34.9 Å². The van der Waals surface area contributed by atoms with Gasteiger partial charge in [0.2, 0.25) is 0 Å². The zero-order valence-electron chi connectivity index (χ0n) is 9.80. The molecule has 1 unspecified atom stereocenters. The Hall–Kier alpha value is -1.26. The topological polar surface area (TPSA) is 12.0 Å². The second kappa shape index (κ2) is 5.58. The first kappa shape index (κ1) is 11.8. The van der Waals surface area contributed by atoms with E-state index in [-0.39, 0.29) is 0 Å². The Balaban J connectivity index is 2.83. The second-order valence-corrected chi connectivity index (χ2v) is 3.93. The van der Waals surface area contributed by atoms with Crippen molar-refractivity contribution in [3.8, 4) is 12.3 Å². The molecule has 15 heavy (non-hydrogen) atoms. The Morgan fingerprint density at radius 3 is 2.60 bits per heavy atom. The van der Waals surface area contributed by atoms with Crippen molar-refractivity contribution >= 4 is 0 Å². The lowest BCUT2D eigenvalue weighted by atomic mass is 9.98. The van der Waals surface area contributed by atoms with Gasteiger partial charge in [-0.3, -0.25) is 0 Å². The van der Waals surface area contributed by atoms with E-state index in [4.69, 9.17) is 6.42 Å². The van der Waals surface area contributed by atoms with Crippen LogP contribution in [0.4, 0.5) is 0 Å². The molecule has 0 heterocycles. The number of benzene rings is 1. The highest BCUT2D eigenvalue weighted by atomic mass is 14.9. The first-order valence-corrected chi connectivity index (χ1v) is 5.37. The Labute approximate surface area is 92.9 Å². The molecule has 0 saturated carbocycles. The molecule has 1 nitrogen and oxygen atoms in total. The van der Waals surface area contributed by atoms with Crippen LogP contribution in [0.2, 0.25) is 0 Å². The number of hydrogen-bond donors (Lipinski definition) is 1. The Morgan fingerprint density at radius 1 is 1.33 bits per heavy atom. The van der Waals surface area contributed by atoms with Gasteiger partial charge in [0.05, 0.1) is 0 Å². The largest absolute Gasteiger partial charge is 0.313 e. The van der Waals surface area contributed by atoms with Crippen molar-refractivity contribution in [2.75, 3.05) is 7.05 Å². The molecule has 0 bridgehead atoms.